The first-order chi connectivity index (χ1) is 11.4. The number of hydrogen-bond donors (Lipinski definition) is 2. The third-order valence-electron chi connectivity index (χ3n) is 3.89. The number of H-pyrrole nitrogens is 1. The van der Waals surface area contributed by atoms with Gasteiger partial charge in [-0.25, -0.2) is 23.1 Å². The van der Waals surface area contributed by atoms with Gasteiger partial charge in [-0.3, -0.25) is 0 Å². The Morgan fingerprint density at radius 3 is 3.00 bits per heavy atom. The third kappa shape index (κ3) is 3.07. The van der Waals surface area contributed by atoms with Gasteiger partial charge in [-0.05, 0) is 19.4 Å². The molecule has 0 atom stereocenters. The molecule has 0 fully saturated rings. The van der Waals surface area contributed by atoms with Gasteiger partial charge in [0.1, 0.15) is 17.0 Å². The Kier molecular flexibility index (Phi) is 4.42. The summed E-state index contributed by atoms with van der Waals surface area (Å²) < 4.78 is 28.1. The van der Waals surface area contributed by atoms with Crippen LogP contribution < -0.4 is 4.72 Å². The number of imidazole rings is 1. The Balaban J connectivity index is 1.87. The van der Waals surface area contributed by atoms with E-state index in [0.29, 0.717) is 19.4 Å². The first-order valence-electron chi connectivity index (χ1n) is 7.89. The molecule has 0 saturated heterocycles. The molecule has 128 valence electrons. The molecule has 3 heterocycles. The number of nitrogens with one attached hydrogen (secondary N) is 2. The Hall–Kier alpha value is -2.19. The molecule has 0 unspecified atom stereocenters. The number of aromatic nitrogens is 4. The summed E-state index contributed by atoms with van der Waals surface area (Å²) in [6.45, 7) is 8.19. The van der Waals surface area contributed by atoms with E-state index in [1.165, 1.54) is 0 Å². The van der Waals surface area contributed by atoms with Gasteiger partial charge < -0.3 is 9.55 Å². The van der Waals surface area contributed by atoms with E-state index in [2.05, 4.69) is 26.3 Å². The summed E-state index contributed by atoms with van der Waals surface area (Å²) in [4.78, 5) is 12.0. The smallest absolute Gasteiger partial charge is 0.211 e. The van der Waals surface area contributed by atoms with Crippen LogP contribution in [0.1, 0.15) is 25.6 Å². The molecule has 0 aliphatic rings. The van der Waals surface area contributed by atoms with Crippen LogP contribution in [0.3, 0.4) is 0 Å². The zero-order valence-corrected chi connectivity index (χ0v) is 14.7. The summed E-state index contributed by atoms with van der Waals surface area (Å²) in [7, 11) is -3.21. The van der Waals surface area contributed by atoms with Gasteiger partial charge in [0, 0.05) is 30.2 Å². The maximum atomic E-state index is 11.7. The van der Waals surface area contributed by atoms with Gasteiger partial charge >= 0.3 is 0 Å². The maximum Gasteiger partial charge on any atom is 0.211 e. The van der Waals surface area contributed by atoms with Crippen LogP contribution in [0.4, 0.5) is 0 Å². The predicted octanol–water partition coefficient (Wildman–Crippen LogP) is 2.41. The zero-order chi connectivity index (χ0) is 17.3. The highest BCUT2D eigenvalue weighted by molar-refractivity contribution is 7.89. The van der Waals surface area contributed by atoms with E-state index in [9.17, 15) is 8.42 Å². The van der Waals surface area contributed by atoms with E-state index in [-0.39, 0.29) is 5.75 Å². The number of aromatic amines is 1. The largest absolute Gasteiger partial charge is 0.346 e. The van der Waals surface area contributed by atoms with Crippen molar-refractivity contribution in [2.45, 2.75) is 26.7 Å². The lowest BCUT2D eigenvalue weighted by Gasteiger charge is -2.12. The van der Waals surface area contributed by atoms with E-state index >= 15 is 0 Å². The Bertz CT molecular complexity index is 1000. The molecule has 0 bridgehead atoms. The van der Waals surface area contributed by atoms with E-state index in [1.54, 1.807) is 6.20 Å². The van der Waals surface area contributed by atoms with Crippen molar-refractivity contribution in [3.05, 3.63) is 30.9 Å². The highest BCUT2D eigenvalue weighted by Crippen LogP contribution is 2.27. The molecular weight excluding hydrogens is 326 g/mol. The van der Waals surface area contributed by atoms with Crippen LogP contribution in [0, 0.1) is 6.92 Å². The fourth-order valence-corrected chi connectivity index (χ4v) is 3.97. The quantitative estimate of drug-likeness (QED) is 0.686. The molecule has 3 aromatic heterocycles. The van der Waals surface area contributed by atoms with Crippen LogP contribution in [-0.2, 0) is 10.0 Å². The van der Waals surface area contributed by atoms with Gasteiger partial charge in [0.25, 0.3) is 0 Å². The third-order valence-corrected chi connectivity index (χ3v) is 5.48. The minimum Gasteiger partial charge on any atom is -0.346 e. The summed E-state index contributed by atoms with van der Waals surface area (Å²) >= 11 is 0. The summed E-state index contributed by atoms with van der Waals surface area (Å²) in [6, 6.07) is 1.96. The Morgan fingerprint density at radius 2 is 2.25 bits per heavy atom. The first-order valence-corrected chi connectivity index (χ1v) is 9.55. The maximum absolute atomic E-state index is 11.7. The van der Waals surface area contributed by atoms with Crippen LogP contribution in [0.15, 0.2) is 25.0 Å². The van der Waals surface area contributed by atoms with Crippen LogP contribution in [0.5, 0.6) is 0 Å². The van der Waals surface area contributed by atoms with E-state index < -0.39 is 10.0 Å². The molecule has 8 heteroatoms. The highest BCUT2D eigenvalue weighted by atomic mass is 32.2. The molecule has 0 radical (unpaired) electrons. The molecule has 0 aliphatic carbocycles. The zero-order valence-electron chi connectivity index (χ0n) is 13.8. The fourth-order valence-electron chi connectivity index (χ4n) is 2.88. The second-order valence-electron chi connectivity index (χ2n) is 5.76. The minimum absolute atomic E-state index is 0.141. The van der Waals surface area contributed by atoms with Crippen LogP contribution in [-0.4, -0.2) is 40.2 Å². The molecular formula is C16H21N5O2S. The minimum atomic E-state index is -3.21. The number of hydrogen-bond acceptors (Lipinski definition) is 4. The number of fused-ring (bicyclic) bond motifs is 3. The highest BCUT2D eigenvalue weighted by Gasteiger charge is 2.15. The van der Waals surface area contributed by atoms with Crippen LogP contribution in [0.2, 0.25) is 0 Å². The predicted molar refractivity (Wildman–Crippen MR) is 96.1 cm³/mol. The molecule has 0 saturated carbocycles. The monoisotopic (exact) mass is 347 g/mol. The van der Waals surface area contributed by atoms with Crippen molar-refractivity contribution < 1.29 is 8.42 Å². The van der Waals surface area contributed by atoms with Crippen LogP contribution >= 0.6 is 0 Å². The molecule has 7 nitrogen and oxygen atoms in total. The molecule has 2 N–H and O–H groups in total. The molecule has 3 rings (SSSR count). The van der Waals surface area contributed by atoms with Crippen molar-refractivity contribution in [3.63, 3.8) is 0 Å². The number of sulfonamides is 1. The fraction of sp³-hybridized carbons (Fsp3) is 0.375. The number of rotatable bonds is 7. The summed E-state index contributed by atoms with van der Waals surface area (Å²) in [5.74, 6) is 0.948. The van der Waals surface area contributed by atoms with Crippen molar-refractivity contribution >= 4 is 37.8 Å². The first kappa shape index (κ1) is 16.7. The van der Waals surface area contributed by atoms with Crippen LogP contribution in [0.25, 0.3) is 27.8 Å². The van der Waals surface area contributed by atoms with Crippen molar-refractivity contribution in [1.82, 2.24) is 24.2 Å². The molecule has 0 spiro atoms. The molecule has 0 aromatic carbocycles. The van der Waals surface area contributed by atoms with Gasteiger partial charge in [-0.2, -0.15) is 0 Å². The number of aryl methyl sites for hydroxylation is 1. The second-order valence-corrected chi connectivity index (χ2v) is 7.68. The molecule has 0 amide bonds. The molecule has 0 aliphatic heterocycles. The Morgan fingerprint density at radius 1 is 1.46 bits per heavy atom. The van der Waals surface area contributed by atoms with E-state index in [1.807, 2.05) is 30.7 Å². The van der Waals surface area contributed by atoms with E-state index in [4.69, 9.17) is 0 Å². The average molecular weight is 347 g/mol. The second kappa shape index (κ2) is 6.37. The topological polar surface area (TPSA) is 92.7 Å². The SMILES string of the molecule is C=C(CCNS(=O)(=O)CCC)n1c(C)nc2cnc3[nH]ccc3c21. The summed E-state index contributed by atoms with van der Waals surface area (Å²) in [6.07, 6.45) is 4.67. The lowest BCUT2D eigenvalue weighted by Crippen LogP contribution is -2.27. The summed E-state index contributed by atoms with van der Waals surface area (Å²) in [5, 5.41) is 0.973. The normalized spacial score (nSPS) is 12.2. The molecule has 24 heavy (non-hydrogen) atoms. The van der Waals surface area contributed by atoms with Crippen molar-refractivity contribution in [3.8, 4) is 0 Å². The number of pyridine rings is 1. The standard InChI is InChI=1S/C16H21N5O2S/c1-4-9-24(22,23)19-8-5-11(2)21-12(3)20-14-10-18-16-13(15(14)21)6-7-17-16/h6-7,10,19H,2,4-5,8-9H2,1,3H3,(H,17,18). The Labute approximate surface area is 140 Å². The van der Waals surface area contributed by atoms with Crippen molar-refractivity contribution in [2.75, 3.05) is 12.3 Å². The van der Waals surface area contributed by atoms with Crippen molar-refractivity contribution in [1.29, 1.82) is 0 Å². The van der Waals surface area contributed by atoms with Gasteiger partial charge in [-0.15, -0.1) is 0 Å². The van der Waals surface area contributed by atoms with Gasteiger partial charge in [0.05, 0.1) is 17.5 Å². The molecule has 3 aromatic rings. The van der Waals surface area contributed by atoms with E-state index in [0.717, 1.165) is 33.6 Å². The average Bonchev–Trinajstić information content (AvgIpc) is 3.09. The number of nitrogens with zero attached hydrogens (tertiary/aromatic N) is 3. The van der Waals surface area contributed by atoms with Gasteiger partial charge in [-0.1, -0.05) is 13.5 Å². The van der Waals surface area contributed by atoms with Crippen molar-refractivity contribution in [2.24, 2.45) is 0 Å². The lowest BCUT2D eigenvalue weighted by molar-refractivity contribution is 0.580. The summed E-state index contributed by atoms with van der Waals surface area (Å²) in [5.41, 5.74) is 3.33. The lowest BCUT2D eigenvalue weighted by atomic mass is 10.2. The van der Waals surface area contributed by atoms with Gasteiger partial charge in [0.15, 0.2) is 0 Å². The van der Waals surface area contributed by atoms with Gasteiger partial charge in [0.2, 0.25) is 10.0 Å².